The highest BCUT2D eigenvalue weighted by Gasteiger charge is 2.31. The van der Waals surface area contributed by atoms with Gasteiger partial charge in [0, 0.05) is 11.5 Å². The van der Waals surface area contributed by atoms with Crippen LogP contribution in [-0.2, 0) is 6.54 Å². The third-order valence-corrected chi connectivity index (χ3v) is 3.72. The zero-order chi connectivity index (χ0) is 19.6. The van der Waals surface area contributed by atoms with Crippen molar-refractivity contribution in [3.63, 3.8) is 0 Å². The maximum atomic E-state index is 12.2. The van der Waals surface area contributed by atoms with Crippen molar-refractivity contribution in [1.82, 2.24) is 14.9 Å². The van der Waals surface area contributed by atoms with Crippen LogP contribution in [0.5, 0.6) is 11.8 Å². The van der Waals surface area contributed by atoms with Crippen LogP contribution in [-0.4, -0.2) is 33.5 Å². The van der Waals surface area contributed by atoms with E-state index in [2.05, 4.69) is 15.0 Å². The summed E-state index contributed by atoms with van der Waals surface area (Å²) in [5.74, 6) is -0.734. The second kappa shape index (κ2) is 7.12. The SMILES string of the molecule is N#CC(N[C@@H]1COc2nc([N+](=O)[O-])cn2C1)c1ccc(OC(F)(F)F)cc1. The third-order valence-electron chi connectivity index (χ3n) is 3.72. The first-order valence-corrected chi connectivity index (χ1v) is 7.61. The first kappa shape index (κ1) is 18.5. The molecule has 0 radical (unpaired) electrons. The summed E-state index contributed by atoms with van der Waals surface area (Å²) in [5, 5.41) is 23.1. The van der Waals surface area contributed by atoms with Crippen LogP contribution >= 0.6 is 0 Å². The molecule has 1 aromatic heterocycles. The van der Waals surface area contributed by atoms with Gasteiger partial charge in [0.1, 0.15) is 24.6 Å². The predicted molar refractivity (Wildman–Crippen MR) is 82.8 cm³/mol. The number of rotatable bonds is 5. The minimum Gasteiger partial charge on any atom is -0.444 e. The minimum absolute atomic E-state index is 0.113. The van der Waals surface area contributed by atoms with Crippen molar-refractivity contribution in [3.8, 4) is 17.8 Å². The van der Waals surface area contributed by atoms with Crippen LogP contribution < -0.4 is 14.8 Å². The number of benzene rings is 1. The van der Waals surface area contributed by atoms with Crippen molar-refractivity contribution in [1.29, 1.82) is 5.26 Å². The van der Waals surface area contributed by atoms with Gasteiger partial charge in [0.15, 0.2) is 0 Å². The van der Waals surface area contributed by atoms with E-state index >= 15 is 0 Å². The number of ether oxygens (including phenoxy) is 2. The number of imidazole rings is 1. The molecule has 142 valence electrons. The molecule has 1 N–H and O–H groups in total. The number of nitrogens with one attached hydrogen (secondary N) is 1. The minimum atomic E-state index is -4.79. The molecule has 1 aliphatic rings. The summed E-state index contributed by atoms with van der Waals surface area (Å²) in [7, 11) is 0. The van der Waals surface area contributed by atoms with E-state index < -0.39 is 17.3 Å². The summed E-state index contributed by atoms with van der Waals surface area (Å²) in [6, 6.07) is 5.87. The Balaban J connectivity index is 1.67. The summed E-state index contributed by atoms with van der Waals surface area (Å²) < 4.78 is 47.2. The summed E-state index contributed by atoms with van der Waals surface area (Å²) in [6.07, 6.45) is -3.56. The molecule has 2 heterocycles. The Labute approximate surface area is 150 Å². The van der Waals surface area contributed by atoms with Gasteiger partial charge in [0.25, 0.3) is 0 Å². The van der Waals surface area contributed by atoms with Gasteiger partial charge in [-0.2, -0.15) is 5.26 Å². The fraction of sp³-hybridized carbons (Fsp3) is 0.333. The van der Waals surface area contributed by atoms with Crippen molar-refractivity contribution in [2.75, 3.05) is 6.61 Å². The molecule has 0 fully saturated rings. The molecule has 0 aliphatic carbocycles. The van der Waals surface area contributed by atoms with Gasteiger partial charge in [-0.3, -0.25) is 9.88 Å². The standard InChI is InChI=1S/C15H12F3N5O4/c16-15(17,18)27-11-3-1-9(2-4-11)12(5-19)20-10-6-22-7-13(23(24)25)21-14(22)26-8-10/h1-4,7,10,12,20H,6,8H2/t10-,12?/m0/s1. The van der Waals surface area contributed by atoms with Crippen LogP contribution in [0.25, 0.3) is 0 Å². The van der Waals surface area contributed by atoms with Crippen molar-refractivity contribution < 1.29 is 27.6 Å². The van der Waals surface area contributed by atoms with Crippen LogP contribution in [0.2, 0.25) is 0 Å². The summed E-state index contributed by atoms with van der Waals surface area (Å²) in [6.45, 7) is 0.408. The lowest BCUT2D eigenvalue weighted by Crippen LogP contribution is -2.43. The molecule has 1 aromatic carbocycles. The van der Waals surface area contributed by atoms with Gasteiger partial charge in [-0.05, 0) is 22.6 Å². The normalized spacial score (nSPS) is 17.3. The molecular weight excluding hydrogens is 371 g/mol. The molecule has 1 aliphatic heterocycles. The number of nitriles is 1. The van der Waals surface area contributed by atoms with Crippen molar-refractivity contribution in [3.05, 3.63) is 46.1 Å². The number of fused-ring (bicyclic) bond motifs is 1. The van der Waals surface area contributed by atoms with E-state index in [1.54, 1.807) is 0 Å². The molecule has 0 amide bonds. The number of nitro groups is 1. The largest absolute Gasteiger partial charge is 0.573 e. The van der Waals surface area contributed by atoms with Crippen molar-refractivity contribution in [2.24, 2.45) is 0 Å². The zero-order valence-electron chi connectivity index (χ0n) is 13.5. The molecule has 2 atom stereocenters. The summed E-state index contributed by atoms with van der Waals surface area (Å²) in [4.78, 5) is 13.8. The summed E-state index contributed by atoms with van der Waals surface area (Å²) in [5.41, 5.74) is 0.439. The lowest BCUT2D eigenvalue weighted by molar-refractivity contribution is -0.389. The van der Waals surface area contributed by atoms with E-state index in [4.69, 9.17) is 4.74 Å². The number of hydrogen-bond donors (Lipinski definition) is 1. The van der Waals surface area contributed by atoms with Crippen LogP contribution in [0.1, 0.15) is 11.6 Å². The molecule has 0 saturated heterocycles. The van der Waals surface area contributed by atoms with E-state index in [-0.39, 0.29) is 36.8 Å². The number of nitrogens with zero attached hydrogens (tertiary/aromatic N) is 4. The van der Waals surface area contributed by atoms with Crippen LogP contribution in [0, 0.1) is 21.4 Å². The summed E-state index contributed by atoms with van der Waals surface area (Å²) >= 11 is 0. The lowest BCUT2D eigenvalue weighted by Gasteiger charge is -2.25. The topological polar surface area (TPSA) is 115 Å². The molecule has 12 heteroatoms. The van der Waals surface area contributed by atoms with Gasteiger partial charge in [0.2, 0.25) is 0 Å². The first-order valence-electron chi connectivity index (χ1n) is 7.61. The monoisotopic (exact) mass is 383 g/mol. The van der Waals surface area contributed by atoms with E-state index in [9.17, 15) is 28.5 Å². The van der Waals surface area contributed by atoms with E-state index in [0.717, 1.165) is 12.1 Å². The van der Waals surface area contributed by atoms with Gasteiger partial charge in [-0.1, -0.05) is 12.1 Å². The van der Waals surface area contributed by atoms with E-state index in [0.29, 0.717) is 5.56 Å². The van der Waals surface area contributed by atoms with Gasteiger partial charge in [-0.25, -0.2) is 0 Å². The van der Waals surface area contributed by atoms with Gasteiger partial charge >= 0.3 is 18.2 Å². The number of hydrogen-bond acceptors (Lipinski definition) is 7. The van der Waals surface area contributed by atoms with Gasteiger partial charge < -0.3 is 19.6 Å². The average Bonchev–Trinajstić information content (AvgIpc) is 3.03. The highest BCUT2D eigenvalue weighted by molar-refractivity contribution is 5.32. The Kier molecular flexibility index (Phi) is 4.87. The van der Waals surface area contributed by atoms with Crippen molar-refractivity contribution in [2.45, 2.75) is 25.0 Å². The maximum Gasteiger partial charge on any atom is 0.573 e. The predicted octanol–water partition coefficient (Wildman–Crippen LogP) is 2.31. The fourth-order valence-electron chi connectivity index (χ4n) is 2.59. The molecule has 3 rings (SSSR count). The second-order valence-corrected chi connectivity index (χ2v) is 5.64. The molecular formula is C15H12F3N5O4. The molecule has 2 aromatic rings. The Morgan fingerprint density at radius 3 is 2.74 bits per heavy atom. The van der Waals surface area contributed by atoms with E-state index in [1.165, 1.54) is 22.9 Å². The molecule has 0 saturated carbocycles. The Morgan fingerprint density at radius 1 is 1.44 bits per heavy atom. The highest BCUT2D eigenvalue weighted by Crippen LogP contribution is 2.26. The molecule has 27 heavy (non-hydrogen) atoms. The number of halogens is 3. The molecule has 1 unspecified atom stereocenters. The lowest BCUT2D eigenvalue weighted by atomic mass is 10.1. The Bertz CT molecular complexity index is 875. The zero-order valence-corrected chi connectivity index (χ0v) is 13.5. The molecule has 0 bridgehead atoms. The Morgan fingerprint density at radius 2 is 2.15 bits per heavy atom. The second-order valence-electron chi connectivity index (χ2n) is 5.64. The van der Waals surface area contributed by atoms with Crippen LogP contribution in [0.3, 0.4) is 0 Å². The Hall–Kier alpha value is -3.33. The fourth-order valence-corrected chi connectivity index (χ4v) is 2.59. The van der Waals surface area contributed by atoms with Gasteiger partial charge in [-0.15, -0.1) is 13.2 Å². The number of aromatic nitrogens is 2. The molecule has 9 nitrogen and oxygen atoms in total. The molecule has 0 spiro atoms. The average molecular weight is 383 g/mol. The first-order chi connectivity index (χ1) is 12.7. The van der Waals surface area contributed by atoms with Crippen molar-refractivity contribution >= 4 is 5.82 Å². The van der Waals surface area contributed by atoms with Crippen LogP contribution in [0.15, 0.2) is 30.5 Å². The third kappa shape index (κ3) is 4.45. The van der Waals surface area contributed by atoms with Gasteiger partial charge in [0.05, 0.1) is 12.1 Å². The van der Waals surface area contributed by atoms with Crippen LogP contribution in [0.4, 0.5) is 19.0 Å². The van der Waals surface area contributed by atoms with E-state index in [1.807, 2.05) is 6.07 Å². The smallest absolute Gasteiger partial charge is 0.444 e. The maximum absolute atomic E-state index is 12.2. The quantitative estimate of drug-likeness (QED) is 0.622. The highest BCUT2D eigenvalue weighted by atomic mass is 19.4. The number of alkyl halides is 3.